The van der Waals surface area contributed by atoms with E-state index >= 15 is 0 Å². The van der Waals surface area contributed by atoms with Gasteiger partial charge in [0.2, 0.25) is 0 Å². The van der Waals surface area contributed by atoms with E-state index in [1.807, 2.05) is 0 Å². The summed E-state index contributed by atoms with van der Waals surface area (Å²) in [5.41, 5.74) is 0.225. The second-order valence-electron chi connectivity index (χ2n) is 1.95. The van der Waals surface area contributed by atoms with Crippen LogP contribution in [0.3, 0.4) is 0 Å². The van der Waals surface area contributed by atoms with E-state index < -0.39 is 11.6 Å². The van der Waals surface area contributed by atoms with Gasteiger partial charge in [-0.2, -0.15) is 0 Å². The van der Waals surface area contributed by atoms with Crippen LogP contribution in [0.25, 0.3) is 0 Å². The van der Waals surface area contributed by atoms with Gasteiger partial charge in [0.05, 0.1) is 0 Å². The smallest absolute Gasteiger partial charge is 1.00 e. The molecule has 0 amide bonds. The SMILES string of the molecule is Fc1cccc(F)c1[CH2][Zn+].[Br-]. The van der Waals surface area contributed by atoms with Crippen molar-refractivity contribution >= 4 is 0 Å². The number of halogens is 3. The maximum absolute atomic E-state index is 12.6. The number of benzene rings is 1. The monoisotopic (exact) mass is 270 g/mol. The normalized spacial score (nSPS) is 9.09. The molecule has 1 aromatic carbocycles. The largest absolute Gasteiger partial charge is 1.00 e. The van der Waals surface area contributed by atoms with Crippen LogP contribution >= 0.6 is 0 Å². The van der Waals surface area contributed by atoms with E-state index in [0.29, 0.717) is 5.02 Å². The zero-order chi connectivity index (χ0) is 7.56. The maximum atomic E-state index is 12.6. The first-order valence-corrected chi connectivity index (χ1v) is 5.07. The molecule has 4 heteroatoms. The van der Waals surface area contributed by atoms with Gasteiger partial charge in [-0.25, -0.2) is 0 Å². The third kappa shape index (κ3) is 2.60. The molecule has 0 aliphatic heterocycles. The van der Waals surface area contributed by atoms with Crippen molar-refractivity contribution in [1.82, 2.24) is 0 Å². The van der Waals surface area contributed by atoms with Crippen LogP contribution in [0.2, 0.25) is 0 Å². The van der Waals surface area contributed by atoms with Crippen LogP contribution in [0, 0.1) is 11.6 Å². The Hall–Kier alpha value is 0.183. The maximum Gasteiger partial charge on any atom is -1.00 e. The molecule has 0 unspecified atom stereocenters. The van der Waals surface area contributed by atoms with Crippen LogP contribution in [-0.2, 0) is 23.3 Å². The third-order valence-electron chi connectivity index (χ3n) is 1.31. The molecule has 1 aromatic rings. The Labute approximate surface area is 84.4 Å². The van der Waals surface area contributed by atoms with Gasteiger partial charge in [0.1, 0.15) is 0 Å². The van der Waals surface area contributed by atoms with Crippen molar-refractivity contribution in [2.24, 2.45) is 0 Å². The van der Waals surface area contributed by atoms with Crippen molar-refractivity contribution in [2.45, 2.75) is 5.02 Å². The number of rotatable bonds is 1. The van der Waals surface area contributed by atoms with Crippen LogP contribution in [0.15, 0.2) is 18.2 Å². The van der Waals surface area contributed by atoms with Crippen molar-refractivity contribution in [3.63, 3.8) is 0 Å². The van der Waals surface area contributed by atoms with E-state index in [0.717, 1.165) is 18.3 Å². The topological polar surface area (TPSA) is 0 Å². The average Bonchev–Trinajstić information content (AvgIpc) is 1.88. The zero-order valence-corrected chi connectivity index (χ0v) is 10.3. The first-order chi connectivity index (χ1) is 4.75. The molecule has 11 heavy (non-hydrogen) atoms. The minimum Gasteiger partial charge on any atom is -1.00 e. The van der Waals surface area contributed by atoms with Gasteiger partial charge in [0.25, 0.3) is 0 Å². The second kappa shape index (κ2) is 4.94. The molecule has 0 aromatic heterocycles. The Morgan fingerprint density at radius 2 is 1.64 bits per heavy atom. The van der Waals surface area contributed by atoms with Gasteiger partial charge in [-0.1, -0.05) is 0 Å². The molecular weight excluding hydrogens is 267 g/mol. The van der Waals surface area contributed by atoms with Gasteiger partial charge in [-0.05, 0) is 0 Å². The van der Waals surface area contributed by atoms with E-state index in [4.69, 9.17) is 0 Å². The molecule has 0 atom stereocenters. The van der Waals surface area contributed by atoms with Gasteiger partial charge in [-0.15, -0.1) is 0 Å². The fourth-order valence-corrected chi connectivity index (χ4v) is 1.77. The molecule has 0 N–H and O–H groups in total. The van der Waals surface area contributed by atoms with Crippen LogP contribution < -0.4 is 17.0 Å². The van der Waals surface area contributed by atoms with Crippen molar-refractivity contribution in [1.29, 1.82) is 0 Å². The summed E-state index contributed by atoms with van der Waals surface area (Å²) >= 11 is 0.887. The summed E-state index contributed by atoms with van der Waals surface area (Å²) in [6.07, 6.45) is 0. The van der Waals surface area contributed by atoms with E-state index in [1.54, 1.807) is 0 Å². The number of hydrogen-bond acceptors (Lipinski definition) is 0. The molecule has 1 rings (SSSR count). The molecule has 0 nitrogen and oxygen atoms in total. The van der Waals surface area contributed by atoms with E-state index in [1.165, 1.54) is 18.2 Å². The van der Waals surface area contributed by atoms with Gasteiger partial charge in [0.15, 0.2) is 0 Å². The summed E-state index contributed by atoms with van der Waals surface area (Å²) in [5.74, 6) is -0.850. The second-order valence-corrected chi connectivity index (χ2v) is 3.00. The molecular formula is C7H5BrF2Zn. The van der Waals surface area contributed by atoms with Crippen LogP contribution in [-0.4, -0.2) is 0 Å². The minimum atomic E-state index is -0.425. The summed E-state index contributed by atoms with van der Waals surface area (Å²) < 4.78 is 25.3. The fourth-order valence-electron chi connectivity index (χ4n) is 0.771. The Morgan fingerprint density at radius 3 is 1.91 bits per heavy atom. The quantitative estimate of drug-likeness (QED) is 0.576. The minimum absolute atomic E-state index is 0. The van der Waals surface area contributed by atoms with Crippen LogP contribution in [0.4, 0.5) is 8.78 Å². The van der Waals surface area contributed by atoms with Crippen molar-refractivity contribution in [3.05, 3.63) is 35.4 Å². The van der Waals surface area contributed by atoms with Crippen LogP contribution in [0.1, 0.15) is 5.56 Å². The molecule has 0 aliphatic carbocycles. The van der Waals surface area contributed by atoms with Gasteiger partial charge >= 0.3 is 67.5 Å². The van der Waals surface area contributed by atoms with E-state index in [2.05, 4.69) is 0 Å². The molecule has 0 radical (unpaired) electrons. The first-order valence-electron chi connectivity index (χ1n) is 2.98. The predicted molar refractivity (Wildman–Crippen MR) is 30.1 cm³/mol. The van der Waals surface area contributed by atoms with Gasteiger partial charge in [0, 0.05) is 0 Å². The molecule has 0 aliphatic rings. The molecule has 0 bridgehead atoms. The van der Waals surface area contributed by atoms with E-state index in [9.17, 15) is 8.78 Å². The Kier molecular flexibility index (Phi) is 5.02. The summed E-state index contributed by atoms with van der Waals surface area (Å²) in [7, 11) is 0. The third-order valence-corrected chi connectivity index (χ3v) is 2.36. The van der Waals surface area contributed by atoms with Crippen molar-refractivity contribution in [2.75, 3.05) is 0 Å². The Bertz CT molecular complexity index is 220. The summed E-state index contributed by atoms with van der Waals surface area (Å²) in [5, 5.41) is 0.526. The molecule has 0 spiro atoms. The summed E-state index contributed by atoms with van der Waals surface area (Å²) in [6.45, 7) is 0. The van der Waals surface area contributed by atoms with Gasteiger partial charge < -0.3 is 17.0 Å². The Morgan fingerprint density at radius 1 is 1.18 bits per heavy atom. The zero-order valence-electron chi connectivity index (χ0n) is 5.78. The number of hydrogen-bond donors (Lipinski definition) is 0. The van der Waals surface area contributed by atoms with Crippen molar-refractivity contribution in [3.8, 4) is 0 Å². The Balaban J connectivity index is 0.000001000. The molecule has 0 saturated heterocycles. The standard InChI is InChI=1S/C7H5F2.BrH.Zn/c1-5-6(8)3-2-4-7(5)9;;/h2-4H,1H2;1H;/q;;+1/p-1. The van der Waals surface area contributed by atoms with Crippen LogP contribution in [0.5, 0.6) is 0 Å². The fraction of sp³-hybridized carbons (Fsp3) is 0.143. The molecule has 0 saturated carbocycles. The average molecular weight is 272 g/mol. The van der Waals surface area contributed by atoms with Crippen molar-refractivity contribution < 1.29 is 44.1 Å². The molecule has 0 fully saturated rings. The summed E-state index contributed by atoms with van der Waals surface area (Å²) in [6, 6.07) is 3.95. The summed E-state index contributed by atoms with van der Waals surface area (Å²) in [4.78, 5) is 0. The van der Waals surface area contributed by atoms with Gasteiger partial charge in [-0.3, -0.25) is 0 Å². The molecule has 0 heterocycles. The first kappa shape index (κ1) is 11.2. The predicted octanol–water partition coefficient (Wildman–Crippen LogP) is -0.984. The molecule has 56 valence electrons. The van der Waals surface area contributed by atoms with E-state index in [-0.39, 0.29) is 22.5 Å².